The lowest BCUT2D eigenvalue weighted by Crippen LogP contribution is -2.27. The molecule has 0 atom stereocenters. The first kappa shape index (κ1) is 12.3. The molecule has 0 amide bonds. The van der Waals surface area contributed by atoms with Crippen LogP contribution >= 0.6 is 11.8 Å². The third-order valence-electron chi connectivity index (χ3n) is 2.75. The number of hydrogen-bond donors (Lipinski definition) is 1. The van der Waals surface area contributed by atoms with Gasteiger partial charge in [0.05, 0.1) is 7.11 Å². The van der Waals surface area contributed by atoms with Gasteiger partial charge in [0.2, 0.25) is 5.75 Å². The Kier molecular flexibility index (Phi) is 4.30. The largest absolute Gasteiger partial charge is 0.490 e. The molecule has 5 nitrogen and oxygen atoms in total. The number of ether oxygens (including phenoxy) is 1. The molecule has 6 heteroatoms. The zero-order valence-corrected chi connectivity index (χ0v) is 11.1. The third-order valence-corrected chi connectivity index (χ3v) is 3.80. The van der Waals surface area contributed by atoms with Gasteiger partial charge in [-0.1, -0.05) is 0 Å². The van der Waals surface area contributed by atoms with E-state index < -0.39 is 0 Å². The van der Waals surface area contributed by atoms with E-state index in [1.54, 1.807) is 13.4 Å². The van der Waals surface area contributed by atoms with Crippen molar-refractivity contribution in [1.29, 1.82) is 0 Å². The van der Waals surface area contributed by atoms with Gasteiger partial charge in [-0.2, -0.15) is 11.8 Å². The van der Waals surface area contributed by atoms with Crippen LogP contribution in [0, 0.1) is 0 Å². The monoisotopic (exact) mass is 254 g/mol. The zero-order valence-electron chi connectivity index (χ0n) is 10.3. The Hall–Kier alpha value is -1.17. The fraction of sp³-hybridized carbons (Fsp3) is 0.636. The highest BCUT2D eigenvalue weighted by Crippen LogP contribution is 2.32. The molecule has 1 aliphatic heterocycles. The summed E-state index contributed by atoms with van der Waals surface area (Å²) in [7, 11) is 3.50. The topological polar surface area (TPSA) is 50.3 Å². The van der Waals surface area contributed by atoms with Gasteiger partial charge in [-0.05, 0) is 12.2 Å². The van der Waals surface area contributed by atoms with Crippen molar-refractivity contribution >= 4 is 23.4 Å². The number of anilines is 2. The van der Waals surface area contributed by atoms with Gasteiger partial charge < -0.3 is 15.0 Å². The van der Waals surface area contributed by atoms with E-state index in [2.05, 4.69) is 20.2 Å². The molecule has 0 saturated carbocycles. The van der Waals surface area contributed by atoms with Crippen molar-refractivity contribution in [2.24, 2.45) is 0 Å². The zero-order chi connectivity index (χ0) is 12.1. The molecule has 94 valence electrons. The van der Waals surface area contributed by atoms with Crippen LogP contribution in [0.1, 0.15) is 6.42 Å². The smallest absolute Gasteiger partial charge is 0.204 e. The highest BCUT2D eigenvalue weighted by Gasteiger charge is 2.18. The third kappa shape index (κ3) is 2.74. The number of aromatic nitrogens is 2. The van der Waals surface area contributed by atoms with Crippen LogP contribution in [0.2, 0.25) is 0 Å². The molecule has 1 aromatic rings. The van der Waals surface area contributed by atoms with Crippen LogP contribution in [0.15, 0.2) is 6.33 Å². The maximum Gasteiger partial charge on any atom is 0.204 e. The minimum absolute atomic E-state index is 0.738. The summed E-state index contributed by atoms with van der Waals surface area (Å²) in [5.74, 6) is 4.75. The first-order chi connectivity index (χ1) is 8.36. The molecule has 0 unspecified atom stereocenters. The van der Waals surface area contributed by atoms with Gasteiger partial charge in [0.15, 0.2) is 11.6 Å². The molecule has 1 saturated heterocycles. The molecule has 0 radical (unpaired) electrons. The molecule has 0 aromatic carbocycles. The summed E-state index contributed by atoms with van der Waals surface area (Å²) >= 11 is 2.00. The molecule has 1 fully saturated rings. The predicted octanol–water partition coefficient (Wildman–Crippen LogP) is 1.47. The number of nitrogens with zero attached hydrogens (tertiary/aromatic N) is 3. The standard InChI is InChI=1S/C11H18N4OS/c1-12-10-9(16-2)11(14-8-13-10)15-4-3-6-17-7-5-15/h8H,3-7H2,1-2H3,(H,12,13,14). The van der Waals surface area contributed by atoms with E-state index in [4.69, 9.17) is 4.74 Å². The molecular formula is C11H18N4OS. The van der Waals surface area contributed by atoms with Gasteiger partial charge in [0, 0.05) is 25.9 Å². The summed E-state index contributed by atoms with van der Waals surface area (Å²) in [5.41, 5.74) is 0. The Bertz CT molecular complexity index is 366. The van der Waals surface area contributed by atoms with Gasteiger partial charge in [-0.25, -0.2) is 9.97 Å². The summed E-state index contributed by atoms with van der Waals surface area (Å²) in [4.78, 5) is 10.8. The van der Waals surface area contributed by atoms with E-state index in [0.717, 1.165) is 36.2 Å². The van der Waals surface area contributed by atoms with E-state index in [-0.39, 0.29) is 0 Å². The second-order valence-corrected chi connectivity index (χ2v) is 5.01. The Morgan fingerprint density at radius 1 is 1.35 bits per heavy atom. The lowest BCUT2D eigenvalue weighted by Gasteiger charge is -2.23. The van der Waals surface area contributed by atoms with Gasteiger partial charge in [-0.15, -0.1) is 0 Å². The van der Waals surface area contributed by atoms with Crippen LogP contribution in [-0.2, 0) is 0 Å². The lowest BCUT2D eigenvalue weighted by atomic mass is 10.3. The molecule has 1 N–H and O–H groups in total. The summed E-state index contributed by atoms with van der Waals surface area (Å²) in [6, 6.07) is 0. The van der Waals surface area contributed by atoms with E-state index >= 15 is 0 Å². The number of thioether (sulfide) groups is 1. The minimum Gasteiger partial charge on any atom is -0.490 e. The van der Waals surface area contributed by atoms with Crippen LogP contribution < -0.4 is 15.0 Å². The summed E-state index contributed by atoms with van der Waals surface area (Å²) in [6.45, 7) is 2.05. The Balaban J connectivity index is 2.29. The van der Waals surface area contributed by atoms with E-state index in [0.29, 0.717) is 0 Å². The van der Waals surface area contributed by atoms with Gasteiger partial charge >= 0.3 is 0 Å². The van der Waals surface area contributed by atoms with Crippen molar-refractivity contribution in [3.8, 4) is 5.75 Å². The highest BCUT2D eigenvalue weighted by atomic mass is 32.2. The fourth-order valence-corrected chi connectivity index (χ4v) is 2.80. The first-order valence-electron chi connectivity index (χ1n) is 5.76. The van der Waals surface area contributed by atoms with E-state index in [9.17, 15) is 0 Å². The molecule has 1 aromatic heterocycles. The second-order valence-electron chi connectivity index (χ2n) is 3.78. The number of rotatable bonds is 3. The SMILES string of the molecule is CNc1ncnc(N2CCCSCC2)c1OC. The van der Waals surface area contributed by atoms with Crippen molar-refractivity contribution < 1.29 is 4.74 Å². The number of methoxy groups -OCH3 is 1. The molecule has 0 aliphatic carbocycles. The first-order valence-corrected chi connectivity index (χ1v) is 6.91. The predicted molar refractivity (Wildman–Crippen MR) is 72.3 cm³/mol. The molecule has 2 heterocycles. The molecular weight excluding hydrogens is 236 g/mol. The number of hydrogen-bond acceptors (Lipinski definition) is 6. The van der Waals surface area contributed by atoms with Crippen LogP contribution in [0.5, 0.6) is 5.75 Å². The van der Waals surface area contributed by atoms with Crippen LogP contribution in [0.4, 0.5) is 11.6 Å². The molecule has 1 aliphatic rings. The summed E-state index contributed by atoms with van der Waals surface area (Å²) in [5, 5.41) is 3.03. The molecule has 17 heavy (non-hydrogen) atoms. The second kappa shape index (κ2) is 5.95. The molecule has 2 rings (SSSR count). The van der Waals surface area contributed by atoms with Crippen molar-refractivity contribution in [2.75, 3.05) is 49.0 Å². The summed E-state index contributed by atoms with van der Waals surface area (Å²) in [6.07, 6.45) is 2.77. The van der Waals surface area contributed by atoms with E-state index in [1.807, 2.05) is 18.8 Å². The lowest BCUT2D eigenvalue weighted by molar-refractivity contribution is 0.412. The van der Waals surface area contributed by atoms with E-state index in [1.165, 1.54) is 12.2 Å². The van der Waals surface area contributed by atoms with Gasteiger partial charge in [0.1, 0.15) is 6.33 Å². The Labute approximate surface area is 106 Å². The maximum atomic E-state index is 5.43. The van der Waals surface area contributed by atoms with Crippen LogP contribution in [0.25, 0.3) is 0 Å². The van der Waals surface area contributed by atoms with Crippen molar-refractivity contribution in [2.45, 2.75) is 6.42 Å². The van der Waals surface area contributed by atoms with Gasteiger partial charge in [0.25, 0.3) is 0 Å². The molecule has 0 spiro atoms. The van der Waals surface area contributed by atoms with Crippen molar-refractivity contribution in [3.63, 3.8) is 0 Å². The molecule has 0 bridgehead atoms. The fourth-order valence-electron chi connectivity index (χ4n) is 1.91. The maximum absolute atomic E-state index is 5.43. The number of nitrogens with one attached hydrogen (secondary N) is 1. The normalized spacial score (nSPS) is 16.5. The van der Waals surface area contributed by atoms with Crippen molar-refractivity contribution in [1.82, 2.24) is 9.97 Å². The quantitative estimate of drug-likeness (QED) is 0.881. The van der Waals surface area contributed by atoms with Crippen LogP contribution in [-0.4, -0.2) is 48.7 Å². The highest BCUT2D eigenvalue weighted by molar-refractivity contribution is 7.99. The average Bonchev–Trinajstić information content (AvgIpc) is 2.66. The van der Waals surface area contributed by atoms with Gasteiger partial charge in [-0.3, -0.25) is 0 Å². The van der Waals surface area contributed by atoms with Crippen molar-refractivity contribution in [3.05, 3.63) is 6.33 Å². The minimum atomic E-state index is 0.738. The summed E-state index contributed by atoms with van der Waals surface area (Å²) < 4.78 is 5.43. The van der Waals surface area contributed by atoms with Crippen LogP contribution in [0.3, 0.4) is 0 Å². The Morgan fingerprint density at radius 2 is 2.24 bits per heavy atom. The Morgan fingerprint density at radius 3 is 3.00 bits per heavy atom. The average molecular weight is 254 g/mol.